The van der Waals surface area contributed by atoms with E-state index in [4.69, 9.17) is 14.3 Å². The number of hydrogen-bond acceptors (Lipinski definition) is 5. The highest BCUT2D eigenvalue weighted by atomic mass is 127. The Hall–Kier alpha value is -1.81. The number of ether oxygens (including phenoxy) is 1. The van der Waals surface area contributed by atoms with Crippen molar-refractivity contribution in [2.75, 3.05) is 32.7 Å². The molecule has 29 heavy (non-hydrogen) atoms. The van der Waals surface area contributed by atoms with Gasteiger partial charge in [-0.15, -0.1) is 24.0 Å². The van der Waals surface area contributed by atoms with E-state index in [2.05, 4.69) is 39.3 Å². The molecule has 8 heteroatoms. The second-order valence-electron chi connectivity index (χ2n) is 7.24. The van der Waals surface area contributed by atoms with E-state index in [-0.39, 0.29) is 30.1 Å². The van der Waals surface area contributed by atoms with E-state index < -0.39 is 0 Å². The van der Waals surface area contributed by atoms with Gasteiger partial charge >= 0.3 is 0 Å². The lowest BCUT2D eigenvalue weighted by molar-refractivity contribution is 0.169. The smallest absolute Gasteiger partial charge is 0.194 e. The molecule has 0 unspecified atom stereocenters. The SMILES string of the molecule is CCNC(=NCc1cccc(OC(C)C)c1)N1CCN(Cc2ccon2)CC1.I. The molecule has 1 N–H and O–H groups in total. The molecule has 2 heterocycles. The van der Waals surface area contributed by atoms with E-state index in [1.54, 1.807) is 6.26 Å². The Bertz CT molecular complexity index is 743. The molecule has 1 aromatic heterocycles. The van der Waals surface area contributed by atoms with Crippen molar-refractivity contribution in [2.45, 2.75) is 40.0 Å². The Labute approximate surface area is 190 Å². The first kappa shape index (κ1) is 23.5. The molecular formula is C21H32IN5O2. The largest absolute Gasteiger partial charge is 0.491 e. The van der Waals surface area contributed by atoms with Crippen LogP contribution in [0.25, 0.3) is 0 Å². The van der Waals surface area contributed by atoms with Crippen LogP contribution < -0.4 is 10.1 Å². The van der Waals surface area contributed by atoms with Crippen LogP contribution in [-0.4, -0.2) is 59.7 Å². The Kier molecular flexibility index (Phi) is 9.72. The third-order valence-corrected chi connectivity index (χ3v) is 4.57. The molecule has 0 atom stereocenters. The van der Waals surface area contributed by atoms with Gasteiger partial charge in [-0.1, -0.05) is 17.3 Å². The van der Waals surface area contributed by atoms with Gasteiger partial charge in [0.05, 0.1) is 18.3 Å². The minimum Gasteiger partial charge on any atom is -0.491 e. The monoisotopic (exact) mass is 513 g/mol. The van der Waals surface area contributed by atoms with Gasteiger partial charge in [0.15, 0.2) is 5.96 Å². The number of benzene rings is 1. The first-order valence-electron chi connectivity index (χ1n) is 10.0. The van der Waals surface area contributed by atoms with Crippen LogP contribution in [0.2, 0.25) is 0 Å². The van der Waals surface area contributed by atoms with Gasteiger partial charge in [0, 0.05) is 45.3 Å². The lowest BCUT2D eigenvalue weighted by Crippen LogP contribution is -2.52. The summed E-state index contributed by atoms with van der Waals surface area (Å²) in [7, 11) is 0. The van der Waals surface area contributed by atoms with Crippen LogP contribution >= 0.6 is 24.0 Å². The maximum atomic E-state index is 5.79. The Morgan fingerprint density at radius 1 is 1.24 bits per heavy atom. The van der Waals surface area contributed by atoms with E-state index in [0.29, 0.717) is 6.54 Å². The zero-order valence-electron chi connectivity index (χ0n) is 17.5. The molecule has 1 aromatic carbocycles. The molecule has 3 rings (SSSR count). The van der Waals surface area contributed by atoms with Crippen LogP contribution in [0, 0.1) is 0 Å². The fourth-order valence-electron chi connectivity index (χ4n) is 3.25. The van der Waals surface area contributed by atoms with Crippen molar-refractivity contribution < 1.29 is 9.26 Å². The molecule has 1 fully saturated rings. The first-order valence-corrected chi connectivity index (χ1v) is 10.0. The predicted octanol–water partition coefficient (Wildman–Crippen LogP) is 3.36. The number of piperazine rings is 1. The lowest BCUT2D eigenvalue weighted by atomic mass is 10.2. The number of rotatable bonds is 7. The van der Waals surface area contributed by atoms with Gasteiger partial charge < -0.3 is 19.5 Å². The molecule has 1 aliphatic rings. The third kappa shape index (κ3) is 7.50. The average molecular weight is 513 g/mol. The molecular weight excluding hydrogens is 481 g/mol. The number of halogens is 1. The highest BCUT2D eigenvalue weighted by Crippen LogP contribution is 2.16. The molecule has 7 nitrogen and oxygen atoms in total. The van der Waals surface area contributed by atoms with Crippen molar-refractivity contribution in [2.24, 2.45) is 4.99 Å². The van der Waals surface area contributed by atoms with Crippen molar-refractivity contribution in [3.63, 3.8) is 0 Å². The molecule has 1 aliphatic heterocycles. The predicted molar refractivity (Wildman–Crippen MR) is 126 cm³/mol. The van der Waals surface area contributed by atoms with Crippen molar-refractivity contribution in [3.8, 4) is 5.75 Å². The van der Waals surface area contributed by atoms with Crippen LogP contribution in [0.4, 0.5) is 0 Å². The number of nitrogens with zero attached hydrogens (tertiary/aromatic N) is 4. The summed E-state index contributed by atoms with van der Waals surface area (Å²) in [5.41, 5.74) is 2.13. The summed E-state index contributed by atoms with van der Waals surface area (Å²) in [5.74, 6) is 1.87. The highest BCUT2D eigenvalue weighted by Gasteiger charge is 2.20. The molecule has 160 valence electrons. The number of hydrogen-bond donors (Lipinski definition) is 1. The van der Waals surface area contributed by atoms with E-state index in [1.165, 1.54) is 0 Å². The normalized spacial score (nSPS) is 15.3. The molecule has 0 radical (unpaired) electrons. The van der Waals surface area contributed by atoms with Crippen molar-refractivity contribution in [1.29, 1.82) is 0 Å². The molecule has 2 aromatic rings. The Morgan fingerprint density at radius 2 is 2.03 bits per heavy atom. The maximum absolute atomic E-state index is 5.79. The van der Waals surface area contributed by atoms with Gasteiger partial charge in [-0.3, -0.25) is 4.90 Å². The van der Waals surface area contributed by atoms with E-state index in [9.17, 15) is 0 Å². The molecule has 1 saturated heterocycles. The minimum atomic E-state index is 0. The van der Waals surface area contributed by atoms with Crippen molar-refractivity contribution in [1.82, 2.24) is 20.3 Å². The topological polar surface area (TPSA) is 66.1 Å². The van der Waals surface area contributed by atoms with Gasteiger partial charge in [-0.05, 0) is 38.5 Å². The van der Waals surface area contributed by atoms with E-state index >= 15 is 0 Å². The van der Waals surface area contributed by atoms with Crippen molar-refractivity contribution >= 4 is 29.9 Å². The second kappa shape index (κ2) is 12.0. The average Bonchev–Trinajstić information content (AvgIpc) is 3.19. The highest BCUT2D eigenvalue weighted by molar-refractivity contribution is 14.0. The second-order valence-corrected chi connectivity index (χ2v) is 7.24. The number of nitrogens with one attached hydrogen (secondary N) is 1. The van der Waals surface area contributed by atoms with Gasteiger partial charge in [-0.2, -0.15) is 0 Å². The Balaban J connectivity index is 0.00000300. The van der Waals surface area contributed by atoms with Crippen LogP contribution in [0.1, 0.15) is 32.0 Å². The number of aromatic nitrogens is 1. The number of aliphatic imine (C=N–C) groups is 1. The fraction of sp³-hybridized carbons (Fsp3) is 0.524. The zero-order chi connectivity index (χ0) is 19.8. The molecule has 0 spiro atoms. The fourth-order valence-corrected chi connectivity index (χ4v) is 3.25. The summed E-state index contributed by atoms with van der Waals surface area (Å²) in [6, 6.07) is 10.1. The third-order valence-electron chi connectivity index (χ3n) is 4.57. The summed E-state index contributed by atoms with van der Waals surface area (Å²) in [4.78, 5) is 9.58. The summed E-state index contributed by atoms with van der Waals surface area (Å²) >= 11 is 0. The maximum Gasteiger partial charge on any atom is 0.194 e. The number of guanidine groups is 1. The van der Waals surface area contributed by atoms with Crippen LogP contribution in [0.5, 0.6) is 5.75 Å². The standard InChI is InChI=1S/C21H31N5O2.HI/c1-4-22-21(23-15-18-6-5-7-20(14-18)28-17(2)3)26-11-9-25(10-12-26)16-19-8-13-27-24-19;/h5-8,13-14,17H,4,9-12,15-16H2,1-3H3,(H,22,23);1H. The summed E-state index contributed by atoms with van der Waals surface area (Å²) in [6.45, 7) is 12.4. The van der Waals surface area contributed by atoms with Crippen molar-refractivity contribution in [3.05, 3.63) is 47.9 Å². The lowest BCUT2D eigenvalue weighted by Gasteiger charge is -2.36. The molecule has 0 bridgehead atoms. The minimum absolute atomic E-state index is 0. The quantitative estimate of drug-likeness (QED) is 0.348. The van der Waals surface area contributed by atoms with Crippen LogP contribution in [-0.2, 0) is 13.1 Å². The van der Waals surface area contributed by atoms with E-state index in [1.807, 2.05) is 32.0 Å². The van der Waals surface area contributed by atoms with Crippen LogP contribution in [0.3, 0.4) is 0 Å². The molecule has 0 amide bonds. The van der Waals surface area contributed by atoms with Crippen LogP contribution in [0.15, 0.2) is 46.1 Å². The Morgan fingerprint density at radius 3 is 2.69 bits per heavy atom. The first-order chi connectivity index (χ1) is 13.6. The van der Waals surface area contributed by atoms with Gasteiger partial charge in [-0.25, -0.2) is 4.99 Å². The zero-order valence-corrected chi connectivity index (χ0v) is 19.8. The summed E-state index contributed by atoms with van der Waals surface area (Å²) in [5, 5.41) is 7.43. The summed E-state index contributed by atoms with van der Waals surface area (Å²) < 4.78 is 10.7. The van der Waals surface area contributed by atoms with E-state index in [0.717, 1.165) is 62.2 Å². The summed E-state index contributed by atoms with van der Waals surface area (Å²) in [6.07, 6.45) is 1.80. The molecule has 0 aliphatic carbocycles. The van der Waals surface area contributed by atoms with Gasteiger partial charge in [0.25, 0.3) is 0 Å². The van der Waals surface area contributed by atoms with Gasteiger partial charge in [0.1, 0.15) is 12.0 Å². The molecule has 0 saturated carbocycles. The van der Waals surface area contributed by atoms with Gasteiger partial charge in [0.2, 0.25) is 0 Å².